The van der Waals surface area contributed by atoms with Crippen molar-refractivity contribution in [2.24, 2.45) is 0 Å². The van der Waals surface area contributed by atoms with Gasteiger partial charge in [-0.1, -0.05) is 22.0 Å². The van der Waals surface area contributed by atoms with Crippen LogP contribution >= 0.6 is 27.7 Å². The van der Waals surface area contributed by atoms with Gasteiger partial charge in [-0.15, -0.1) is 0 Å². The quantitative estimate of drug-likeness (QED) is 0.770. The Morgan fingerprint density at radius 1 is 1.43 bits per heavy atom. The molecule has 1 fully saturated rings. The molecule has 0 saturated carbocycles. The normalized spacial score (nSPS) is 17.1. The SMILES string of the molecule is BrCc1cccnc1N1CCSCC1. The third kappa shape index (κ3) is 2.23. The van der Waals surface area contributed by atoms with Gasteiger partial charge in [0.05, 0.1) is 0 Å². The first kappa shape index (κ1) is 10.3. The van der Waals surface area contributed by atoms with Crippen molar-refractivity contribution in [3.8, 4) is 0 Å². The van der Waals surface area contributed by atoms with Crippen LogP contribution in [0.15, 0.2) is 18.3 Å². The molecule has 76 valence electrons. The number of anilines is 1. The number of hydrogen-bond donors (Lipinski definition) is 0. The third-order valence-corrected chi connectivity index (χ3v) is 3.87. The number of halogens is 1. The van der Waals surface area contributed by atoms with Gasteiger partial charge in [0.25, 0.3) is 0 Å². The fourth-order valence-electron chi connectivity index (χ4n) is 1.59. The summed E-state index contributed by atoms with van der Waals surface area (Å²) >= 11 is 5.53. The Morgan fingerprint density at radius 3 is 2.93 bits per heavy atom. The Labute approximate surface area is 97.2 Å². The van der Waals surface area contributed by atoms with E-state index < -0.39 is 0 Å². The topological polar surface area (TPSA) is 16.1 Å². The predicted octanol–water partition coefficient (Wildman–Crippen LogP) is 2.53. The maximum atomic E-state index is 4.46. The van der Waals surface area contributed by atoms with E-state index in [1.54, 1.807) is 0 Å². The second kappa shape index (κ2) is 5.03. The number of pyridine rings is 1. The minimum atomic E-state index is 0.889. The smallest absolute Gasteiger partial charge is 0.132 e. The molecular weight excluding hydrogens is 260 g/mol. The molecular formula is C10H13BrN2S. The summed E-state index contributed by atoms with van der Waals surface area (Å²) in [7, 11) is 0. The van der Waals surface area contributed by atoms with Gasteiger partial charge in [-0.3, -0.25) is 0 Å². The van der Waals surface area contributed by atoms with Crippen LogP contribution in [-0.2, 0) is 5.33 Å². The van der Waals surface area contributed by atoms with Crippen LogP contribution in [-0.4, -0.2) is 29.6 Å². The number of alkyl halides is 1. The summed E-state index contributed by atoms with van der Waals surface area (Å²) in [4.78, 5) is 6.84. The first-order valence-corrected chi connectivity index (χ1v) is 7.02. The van der Waals surface area contributed by atoms with Gasteiger partial charge in [0.1, 0.15) is 5.82 Å². The van der Waals surface area contributed by atoms with E-state index in [4.69, 9.17) is 0 Å². The minimum Gasteiger partial charge on any atom is -0.355 e. The highest BCUT2D eigenvalue weighted by atomic mass is 79.9. The summed E-state index contributed by atoms with van der Waals surface area (Å²) in [6, 6.07) is 4.14. The van der Waals surface area contributed by atoms with E-state index in [0.717, 1.165) is 24.2 Å². The molecule has 2 nitrogen and oxygen atoms in total. The molecule has 0 bridgehead atoms. The number of nitrogens with zero attached hydrogens (tertiary/aromatic N) is 2. The number of thioether (sulfide) groups is 1. The lowest BCUT2D eigenvalue weighted by molar-refractivity contribution is 0.833. The first-order chi connectivity index (χ1) is 6.92. The van der Waals surface area contributed by atoms with Gasteiger partial charge in [0.15, 0.2) is 0 Å². The van der Waals surface area contributed by atoms with E-state index >= 15 is 0 Å². The van der Waals surface area contributed by atoms with Crippen LogP contribution in [0.1, 0.15) is 5.56 Å². The lowest BCUT2D eigenvalue weighted by atomic mass is 10.2. The average molecular weight is 273 g/mol. The van der Waals surface area contributed by atoms with Crippen LogP contribution in [0.25, 0.3) is 0 Å². The van der Waals surface area contributed by atoms with Gasteiger partial charge in [-0.2, -0.15) is 11.8 Å². The van der Waals surface area contributed by atoms with E-state index in [0.29, 0.717) is 0 Å². The molecule has 0 aromatic carbocycles. The van der Waals surface area contributed by atoms with E-state index in [9.17, 15) is 0 Å². The molecule has 1 aliphatic rings. The molecule has 2 rings (SSSR count). The Bertz CT molecular complexity index is 300. The average Bonchev–Trinajstić information content (AvgIpc) is 2.30. The molecule has 14 heavy (non-hydrogen) atoms. The number of hydrogen-bond acceptors (Lipinski definition) is 3. The zero-order chi connectivity index (χ0) is 9.80. The Balaban J connectivity index is 2.20. The molecule has 0 atom stereocenters. The van der Waals surface area contributed by atoms with Gasteiger partial charge in [0.2, 0.25) is 0 Å². The van der Waals surface area contributed by atoms with Crippen molar-refractivity contribution in [2.75, 3.05) is 29.5 Å². The summed E-state index contributed by atoms with van der Waals surface area (Å²) in [5.41, 5.74) is 1.29. The Kier molecular flexibility index (Phi) is 3.70. The maximum absolute atomic E-state index is 4.46. The molecule has 0 radical (unpaired) electrons. The summed E-state index contributed by atoms with van der Waals surface area (Å²) in [5, 5.41) is 0.889. The van der Waals surface area contributed by atoms with Crippen molar-refractivity contribution in [1.29, 1.82) is 0 Å². The standard InChI is InChI=1S/C10H13BrN2S/c11-8-9-2-1-3-12-10(9)13-4-6-14-7-5-13/h1-3H,4-8H2. The fourth-order valence-corrected chi connectivity index (χ4v) is 2.94. The van der Waals surface area contributed by atoms with E-state index in [1.807, 2.05) is 24.0 Å². The summed E-state index contributed by atoms with van der Waals surface area (Å²) < 4.78 is 0. The van der Waals surface area contributed by atoms with Gasteiger partial charge in [-0.05, 0) is 6.07 Å². The van der Waals surface area contributed by atoms with Crippen LogP contribution in [0.5, 0.6) is 0 Å². The molecule has 1 aromatic rings. The van der Waals surface area contributed by atoms with Crippen molar-refractivity contribution < 1.29 is 0 Å². The number of aromatic nitrogens is 1. The molecule has 0 N–H and O–H groups in total. The van der Waals surface area contributed by atoms with Crippen LogP contribution in [0.2, 0.25) is 0 Å². The molecule has 0 unspecified atom stereocenters. The molecule has 1 aromatic heterocycles. The van der Waals surface area contributed by atoms with Gasteiger partial charge >= 0.3 is 0 Å². The molecule has 1 saturated heterocycles. The highest BCUT2D eigenvalue weighted by molar-refractivity contribution is 9.08. The van der Waals surface area contributed by atoms with E-state index in [2.05, 4.69) is 31.9 Å². The highest BCUT2D eigenvalue weighted by Gasteiger charge is 2.14. The van der Waals surface area contributed by atoms with E-state index in [1.165, 1.54) is 17.1 Å². The van der Waals surface area contributed by atoms with Crippen LogP contribution in [0.4, 0.5) is 5.82 Å². The zero-order valence-corrected chi connectivity index (χ0v) is 10.4. The second-order valence-corrected chi connectivity index (χ2v) is 5.00. The minimum absolute atomic E-state index is 0.889. The maximum Gasteiger partial charge on any atom is 0.132 e. The summed E-state index contributed by atoms with van der Waals surface area (Å²) in [6.07, 6.45) is 1.88. The van der Waals surface area contributed by atoms with Crippen molar-refractivity contribution in [3.05, 3.63) is 23.9 Å². The van der Waals surface area contributed by atoms with Gasteiger partial charge in [0, 0.05) is 41.7 Å². The zero-order valence-electron chi connectivity index (χ0n) is 7.95. The van der Waals surface area contributed by atoms with Gasteiger partial charge < -0.3 is 4.90 Å². The fraction of sp³-hybridized carbons (Fsp3) is 0.500. The molecule has 0 amide bonds. The molecule has 0 spiro atoms. The highest BCUT2D eigenvalue weighted by Crippen LogP contribution is 2.22. The summed E-state index contributed by atoms with van der Waals surface area (Å²) in [5.74, 6) is 3.60. The van der Waals surface area contributed by atoms with Crippen LogP contribution < -0.4 is 4.90 Å². The van der Waals surface area contributed by atoms with Crippen LogP contribution in [0.3, 0.4) is 0 Å². The lowest BCUT2D eigenvalue weighted by Crippen LogP contribution is -2.33. The second-order valence-electron chi connectivity index (χ2n) is 3.22. The molecule has 4 heteroatoms. The van der Waals surface area contributed by atoms with Crippen LogP contribution in [0, 0.1) is 0 Å². The van der Waals surface area contributed by atoms with Crippen molar-refractivity contribution in [1.82, 2.24) is 4.98 Å². The largest absolute Gasteiger partial charge is 0.355 e. The van der Waals surface area contributed by atoms with Gasteiger partial charge in [-0.25, -0.2) is 4.98 Å². The predicted molar refractivity (Wildman–Crippen MR) is 66.4 cm³/mol. The Hall–Kier alpha value is -0.220. The molecule has 1 aliphatic heterocycles. The third-order valence-electron chi connectivity index (χ3n) is 2.32. The lowest BCUT2D eigenvalue weighted by Gasteiger charge is -2.28. The van der Waals surface area contributed by atoms with Crippen molar-refractivity contribution in [3.63, 3.8) is 0 Å². The summed E-state index contributed by atoms with van der Waals surface area (Å²) in [6.45, 7) is 2.25. The van der Waals surface area contributed by atoms with Crippen molar-refractivity contribution >= 4 is 33.5 Å². The number of rotatable bonds is 2. The monoisotopic (exact) mass is 272 g/mol. The Morgan fingerprint density at radius 2 is 2.21 bits per heavy atom. The molecule has 2 heterocycles. The first-order valence-electron chi connectivity index (χ1n) is 4.74. The van der Waals surface area contributed by atoms with Crippen molar-refractivity contribution in [2.45, 2.75) is 5.33 Å². The molecule has 0 aliphatic carbocycles. The van der Waals surface area contributed by atoms with E-state index in [-0.39, 0.29) is 0 Å².